The van der Waals surface area contributed by atoms with Gasteiger partial charge in [-0.1, -0.05) is 55.8 Å². The van der Waals surface area contributed by atoms with Gasteiger partial charge in [0, 0.05) is 17.0 Å². The molecule has 0 aliphatic heterocycles. The Kier molecular flexibility index (Phi) is 4.97. The standard InChI is InChI=1S/C18H19ClO/c1-13(2)17(14-6-4-3-5-7-14)12-18(20)15-8-10-16(19)11-9-15/h3-11,13,17H,12H2,1-2H3/t17-/m1/s1. The summed E-state index contributed by atoms with van der Waals surface area (Å²) in [5.74, 6) is 0.845. The van der Waals surface area contributed by atoms with Gasteiger partial charge in [0.15, 0.2) is 5.78 Å². The number of benzene rings is 2. The van der Waals surface area contributed by atoms with Crippen molar-refractivity contribution in [3.63, 3.8) is 0 Å². The molecule has 20 heavy (non-hydrogen) atoms. The van der Waals surface area contributed by atoms with Gasteiger partial charge in [-0.05, 0) is 41.7 Å². The van der Waals surface area contributed by atoms with Crippen LogP contribution >= 0.6 is 11.6 Å². The maximum Gasteiger partial charge on any atom is 0.163 e. The van der Waals surface area contributed by atoms with Gasteiger partial charge < -0.3 is 0 Å². The van der Waals surface area contributed by atoms with Crippen molar-refractivity contribution < 1.29 is 4.79 Å². The van der Waals surface area contributed by atoms with E-state index in [4.69, 9.17) is 11.6 Å². The van der Waals surface area contributed by atoms with Crippen LogP contribution in [-0.4, -0.2) is 5.78 Å². The van der Waals surface area contributed by atoms with E-state index in [-0.39, 0.29) is 11.7 Å². The van der Waals surface area contributed by atoms with Crippen LogP contribution < -0.4 is 0 Å². The summed E-state index contributed by atoms with van der Waals surface area (Å²) in [6.07, 6.45) is 0.531. The van der Waals surface area contributed by atoms with Crippen LogP contribution in [0.25, 0.3) is 0 Å². The molecule has 1 atom stereocenters. The lowest BCUT2D eigenvalue weighted by Gasteiger charge is -2.20. The van der Waals surface area contributed by atoms with E-state index in [2.05, 4.69) is 26.0 Å². The summed E-state index contributed by atoms with van der Waals surface area (Å²) >= 11 is 5.86. The Morgan fingerprint density at radius 3 is 2.15 bits per heavy atom. The fourth-order valence-corrected chi connectivity index (χ4v) is 2.52. The molecule has 0 heterocycles. The lowest BCUT2D eigenvalue weighted by atomic mass is 9.83. The van der Waals surface area contributed by atoms with Crippen molar-refractivity contribution in [2.45, 2.75) is 26.2 Å². The van der Waals surface area contributed by atoms with E-state index in [0.29, 0.717) is 17.4 Å². The van der Waals surface area contributed by atoms with E-state index in [1.807, 2.05) is 18.2 Å². The molecule has 2 heteroatoms. The zero-order valence-corrected chi connectivity index (χ0v) is 12.6. The Bertz CT molecular complexity index is 558. The van der Waals surface area contributed by atoms with Crippen LogP contribution in [0.15, 0.2) is 54.6 Å². The molecule has 0 amide bonds. The summed E-state index contributed by atoms with van der Waals surface area (Å²) in [5, 5.41) is 0.657. The number of hydrogen-bond donors (Lipinski definition) is 0. The van der Waals surface area contributed by atoms with Gasteiger partial charge >= 0.3 is 0 Å². The molecule has 0 spiro atoms. The molecular weight excluding hydrogens is 268 g/mol. The lowest BCUT2D eigenvalue weighted by molar-refractivity contribution is 0.0966. The van der Waals surface area contributed by atoms with E-state index in [1.54, 1.807) is 24.3 Å². The Balaban J connectivity index is 2.17. The second-order valence-corrected chi connectivity index (χ2v) is 5.83. The van der Waals surface area contributed by atoms with Crippen molar-refractivity contribution >= 4 is 17.4 Å². The van der Waals surface area contributed by atoms with Gasteiger partial charge in [-0.3, -0.25) is 4.79 Å². The van der Waals surface area contributed by atoms with E-state index in [9.17, 15) is 4.79 Å². The molecule has 0 fully saturated rings. The molecule has 0 aromatic heterocycles. The van der Waals surface area contributed by atoms with Gasteiger partial charge in [-0.2, -0.15) is 0 Å². The largest absolute Gasteiger partial charge is 0.294 e. The molecule has 0 aliphatic rings. The summed E-state index contributed by atoms with van der Waals surface area (Å²) in [6.45, 7) is 4.32. The quantitative estimate of drug-likeness (QED) is 0.677. The van der Waals surface area contributed by atoms with Crippen LogP contribution in [0.3, 0.4) is 0 Å². The minimum absolute atomic E-state index is 0.171. The summed E-state index contributed by atoms with van der Waals surface area (Å²) in [6, 6.07) is 17.4. The number of ketones is 1. The number of halogens is 1. The highest BCUT2D eigenvalue weighted by Gasteiger charge is 2.20. The van der Waals surface area contributed by atoms with Crippen molar-refractivity contribution in [2.75, 3.05) is 0 Å². The highest BCUT2D eigenvalue weighted by Crippen LogP contribution is 2.29. The topological polar surface area (TPSA) is 17.1 Å². The van der Waals surface area contributed by atoms with Gasteiger partial charge in [0.05, 0.1) is 0 Å². The molecule has 2 rings (SSSR count). The molecule has 2 aromatic rings. The number of Topliss-reactive ketones (excluding diaryl/α,β-unsaturated/α-hetero) is 1. The molecule has 0 bridgehead atoms. The number of hydrogen-bond acceptors (Lipinski definition) is 1. The van der Waals surface area contributed by atoms with Crippen molar-refractivity contribution in [1.29, 1.82) is 0 Å². The number of carbonyl (C=O) groups excluding carboxylic acids is 1. The second kappa shape index (κ2) is 6.71. The van der Waals surface area contributed by atoms with Gasteiger partial charge in [-0.15, -0.1) is 0 Å². The third kappa shape index (κ3) is 3.71. The molecule has 2 aromatic carbocycles. The zero-order chi connectivity index (χ0) is 14.5. The average molecular weight is 287 g/mol. The summed E-state index contributed by atoms with van der Waals surface area (Å²) in [5.41, 5.74) is 1.96. The minimum atomic E-state index is 0.171. The molecule has 0 N–H and O–H groups in total. The van der Waals surface area contributed by atoms with E-state index >= 15 is 0 Å². The van der Waals surface area contributed by atoms with Gasteiger partial charge in [0.1, 0.15) is 0 Å². The van der Waals surface area contributed by atoms with Gasteiger partial charge in [-0.25, -0.2) is 0 Å². The van der Waals surface area contributed by atoms with Gasteiger partial charge in [0.25, 0.3) is 0 Å². The molecule has 0 saturated carbocycles. The van der Waals surface area contributed by atoms with Crippen molar-refractivity contribution in [3.05, 3.63) is 70.7 Å². The lowest BCUT2D eigenvalue weighted by Crippen LogP contribution is -2.12. The van der Waals surface area contributed by atoms with E-state index in [1.165, 1.54) is 5.56 Å². The average Bonchev–Trinajstić information content (AvgIpc) is 2.46. The summed E-state index contributed by atoms with van der Waals surface area (Å²) in [7, 11) is 0. The smallest absolute Gasteiger partial charge is 0.163 e. The SMILES string of the molecule is CC(C)[C@@H](CC(=O)c1ccc(Cl)cc1)c1ccccc1. The van der Waals surface area contributed by atoms with Crippen LogP contribution in [-0.2, 0) is 0 Å². The van der Waals surface area contributed by atoms with Crippen LogP contribution in [0.1, 0.15) is 42.1 Å². The fourth-order valence-electron chi connectivity index (χ4n) is 2.39. The molecule has 0 saturated heterocycles. The first-order chi connectivity index (χ1) is 9.58. The third-order valence-corrected chi connectivity index (χ3v) is 3.86. The normalized spacial score (nSPS) is 12.4. The number of carbonyl (C=O) groups is 1. The van der Waals surface area contributed by atoms with Crippen molar-refractivity contribution in [1.82, 2.24) is 0 Å². The van der Waals surface area contributed by atoms with Crippen LogP contribution in [0.5, 0.6) is 0 Å². The molecule has 104 valence electrons. The molecular formula is C18H19ClO. The predicted molar refractivity (Wildman–Crippen MR) is 84.4 cm³/mol. The fraction of sp³-hybridized carbons (Fsp3) is 0.278. The minimum Gasteiger partial charge on any atom is -0.294 e. The van der Waals surface area contributed by atoms with Crippen LogP contribution in [0.2, 0.25) is 5.02 Å². The highest BCUT2D eigenvalue weighted by atomic mass is 35.5. The maximum absolute atomic E-state index is 12.4. The highest BCUT2D eigenvalue weighted by molar-refractivity contribution is 6.30. The Labute approximate surface area is 125 Å². The van der Waals surface area contributed by atoms with Gasteiger partial charge in [0.2, 0.25) is 0 Å². The van der Waals surface area contributed by atoms with E-state index < -0.39 is 0 Å². The monoisotopic (exact) mass is 286 g/mol. The summed E-state index contributed by atoms with van der Waals surface area (Å²) < 4.78 is 0. The third-order valence-electron chi connectivity index (χ3n) is 3.60. The molecule has 1 nitrogen and oxygen atoms in total. The predicted octanol–water partition coefficient (Wildman–Crippen LogP) is 5.35. The maximum atomic E-state index is 12.4. The van der Waals surface area contributed by atoms with Crippen LogP contribution in [0, 0.1) is 5.92 Å². The molecule has 0 unspecified atom stereocenters. The van der Waals surface area contributed by atoms with E-state index in [0.717, 1.165) is 5.56 Å². The Morgan fingerprint density at radius 1 is 1.00 bits per heavy atom. The Hall–Kier alpha value is -1.60. The molecule has 0 radical (unpaired) electrons. The van der Waals surface area contributed by atoms with Crippen molar-refractivity contribution in [2.24, 2.45) is 5.92 Å². The molecule has 0 aliphatic carbocycles. The first-order valence-corrected chi connectivity index (χ1v) is 7.29. The first kappa shape index (κ1) is 14.8. The first-order valence-electron chi connectivity index (χ1n) is 6.91. The Morgan fingerprint density at radius 2 is 1.60 bits per heavy atom. The zero-order valence-electron chi connectivity index (χ0n) is 11.8. The van der Waals surface area contributed by atoms with Crippen LogP contribution in [0.4, 0.5) is 0 Å². The van der Waals surface area contributed by atoms with Crippen molar-refractivity contribution in [3.8, 4) is 0 Å². The summed E-state index contributed by atoms with van der Waals surface area (Å²) in [4.78, 5) is 12.4. The second-order valence-electron chi connectivity index (χ2n) is 5.40. The number of rotatable bonds is 5.